The second kappa shape index (κ2) is 3.51. The summed E-state index contributed by atoms with van der Waals surface area (Å²) in [7, 11) is 0. The molecule has 0 aromatic carbocycles. The number of ether oxygens (including phenoxy) is 1. The van der Waals surface area contributed by atoms with Gasteiger partial charge in [0.2, 0.25) is 0 Å². The number of amides is 1. The maximum atomic E-state index is 11.1. The van der Waals surface area contributed by atoms with Crippen LogP contribution < -0.4 is 5.43 Å². The smallest absolute Gasteiger partial charge is 0.422 e. The molecule has 0 atom stereocenters. The van der Waals surface area contributed by atoms with E-state index in [9.17, 15) is 4.79 Å². The van der Waals surface area contributed by atoms with Gasteiger partial charge in [0.25, 0.3) is 0 Å². The van der Waals surface area contributed by atoms with Crippen LogP contribution in [0.3, 0.4) is 0 Å². The molecule has 0 aromatic heterocycles. The van der Waals surface area contributed by atoms with Crippen molar-refractivity contribution < 1.29 is 14.6 Å². The summed E-state index contributed by atoms with van der Waals surface area (Å²) in [4.78, 5) is 11.1. The van der Waals surface area contributed by atoms with Crippen molar-refractivity contribution in [2.75, 3.05) is 13.1 Å². The van der Waals surface area contributed by atoms with Crippen molar-refractivity contribution in [3.63, 3.8) is 0 Å². The second-order valence-corrected chi connectivity index (χ2v) is 4.17. The normalized spacial score (nSPS) is 19.4. The minimum atomic E-state index is -0.479. The van der Waals surface area contributed by atoms with Crippen LogP contribution in [0.15, 0.2) is 0 Å². The van der Waals surface area contributed by atoms with E-state index >= 15 is 0 Å². The Labute approximate surface area is 77.6 Å². The van der Waals surface area contributed by atoms with E-state index in [1.54, 1.807) is 25.8 Å². The highest BCUT2D eigenvalue weighted by molar-refractivity contribution is 5.67. The van der Waals surface area contributed by atoms with Crippen molar-refractivity contribution in [3.8, 4) is 0 Å². The zero-order valence-corrected chi connectivity index (χ0v) is 8.20. The van der Waals surface area contributed by atoms with E-state index in [0.29, 0.717) is 13.1 Å². The van der Waals surface area contributed by atoms with E-state index in [0.717, 1.165) is 0 Å². The first-order valence-corrected chi connectivity index (χ1v) is 4.29. The van der Waals surface area contributed by atoms with Gasteiger partial charge in [-0.25, -0.2) is 9.80 Å². The zero-order valence-electron chi connectivity index (χ0n) is 8.20. The van der Waals surface area contributed by atoms with Gasteiger partial charge in [0.1, 0.15) is 5.60 Å². The van der Waals surface area contributed by atoms with Crippen molar-refractivity contribution in [2.45, 2.75) is 32.5 Å². The van der Waals surface area contributed by atoms with Gasteiger partial charge < -0.3 is 9.84 Å². The topological polar surface area (TPSA) is 61.8 Å². The summed E-state index contributed by atoms with van der Waals surface area (Å²) in [6.07, 6.45) is -0.797. The summed E-state index contributed by atoms with van der Waals surface area (Å²) < 4.78 is 5.01. The lowest BCUT2D eigenvalue weighted by atomic mass is 10.2. The molecule has 1 aliphatic rings. The molecule has 1 heterocycles. The Morgan fingerprint density at radius 1 is 1.54 bits per heavy atom. The fraction of sp³-hybridized carbons (Fsp3) is 0.875. The lowest BCUT2D eigenvalue weighted by Crippen LogP contribution is -2.59. The number of β-amino-alcohol motifs (C(OH)–C–C–N with tert-alkyl or cyclic N) is 1. The Bertz CT molecular complexity index is 194. The second-order valence-electron chi connectivity index (χ2n) is 4.17. The van der Waals surface area contributed by atoms with E-state index in [2.05, 4.69) is 5.43 Å². The summed E-state index contributed by atoms with van der Waals surface area (Å²) in [5.41, 5.74) is 2.04. The number of aliphatic hydroxyl groups is 1. The van der Waals surface area contributed by atoms with Gasteiger partial charge in [-0.1, -0.05) is 0 Å². The summed E-state index contributed by atoms with van der Waals surface area (Å²) in [5.74, 6) is 0. The van der Waals surface area contributed by atoms with E-state index in [1.807, 2.05) is 0 Å². The number of carbonyl (C=O) groups excluding carboxylic acids is 1. The number of nitrogens with one attached hydrogen (secondary N) is 1. The standard InChI is InChI=1S/C8H16N2O3/c1-8(2,3)13-7(12)9-10-4-6(11)5-10/h6,11H,4-5H2,1-3H3,(H,9,12). The SMILES string of the molecule is CC(C)(C)OC(=O)NN1CC(O)C1. The van der Waals surface area contributed by atoms with Crippen molar-refractivity contribution in [3.05, 3.63) is 0 Å². The van der Waals surface area contributed by atoms with Crippen LogP contribution in [0, 0.1) is 0 Å². The Kier molecular flexibility index (Phi) is 2.77. The molecule has 1 saturated heterocycles. The van der Waals surface area contributed by atoms with Crippen molar-refractivity contribution in [1.82, 2.24) is 10.4 Å². The maximum Gasteiger partial charge on any atom is 0.422 e. The first kappa shape index (κ1) is 10.3. The molecule has 1 rings (SSSR count). The molecule has 0 bridgehead atoms. The molecular formula is C8H16N2O3. The van der Waals surface area contributed by atoms with Crippen LogP contribution in [0.2, 0.25) is 0 Å². The molecule has 1 aliphatic heterocycles. The van der Waals surface area contributed by atoms with E-state index < -0.39 is 11.7 Å². The van der Waals surface area contributed by atoms with Crippen molar-refractivity contribution >= 4 is 6.09 Å². The highest BCUT2D eigenvalue weighted by Gasteiger charge is 2.27. The number of rotatable bonds is 1. The zero-order chi connectivity index (χ0) is 10.1. The molecule has 76 valence electrons. The fourth-order valence-corrected chi connectivity index (χ4v) is 0.977. The van der Waals surface area contributed by atoms with Crippen LogP contribution in [-0.2, 0) is 4.74 Å². The summed E-state index contributed by atoms with van der Waals surface area (Å²) >= 11 is 0. The van der Waals surface area contributed by atoms with Gasteiger partial charge in [0.15, 0.2) is 0 Å². The fourth-order valence-electron chi connectivity index (χ4n) is 0.977. The van der Waals surface area contributed by atoms with E-state index in [-0.39, 0.29) is 6.10 Å². The third-order valence-electron chi connectivity index (χ3n) is 1.51. The Hall–Kier alpha value is -0.810. The molecule has 1 fully saturated rings. The van der Waals surface area contributed by atoms with Gasteiger partial charge in [0, 0.05) is 13.1 Å². The minimum absolute atomic E-state index is 0.324. The Balaban J connectivity index is 2.19. The Morgan fingerprint density at radius 2 is 2.08 bits per heavy atom. The molecule has 0 radical (unpaired) electrons. The van der Waals surface area contributed by atoms with Gasteiger partial charge in [-0.15, -0.1) is 0 Å². The van der Waals surface area contributed by atoms with Crippen molar-refractivity contribution in [2.24, 2.45) is 0 Å². The quantitative estimate of drug-likeness (QED) is 0.612. The summed E-state index contributed by atoms with van der Waals surface area (Å²) in [5, 5.41) is 10.5. The first-order valence-electron chi connectivity index (χ1n) is 4.29. The molecule has 0 unspecified atom stereocenters. The highest BCUT2D eigenvalue weighted by Crippen LogP contribution is 2.08. The molecule has 2 N–H and O–H groups in total. The average molecular weight is 188 g/mol. The largest absolute Gasteiger partial charge is 0.443 e. The van der Waals surface area contributed by atoms with E-state index in [1.165, 1.54) is 0 Å². The predicted molar refractivity (Wildman–Crippen MR) is 46.9 cm³/mol. The van der Waals surface area contributed by atoms with Crippen LogP contribution >= 0.6 is 0 Å². The van der Waals surface area contributed by atoms with Crippen LogP contribution in [-0.4, -0.2) is 41.0 Å². The molecule has 1 amide bonds. The summed E-state index contributed by atoms with van der Waals surface area (Å²) in [6.45, 7) is 6.35. The lowest BCUT2D eigenvalue weighted by Gasteiger charge is -2.35. The van der Waals surface area contributed by atoms with Gasteiger partial charge in [-0.05, 0) is 20.8 Å². The van der Waals surface area contributed by atoms with Gasteiger partial charge in [0.05, 0.1) is 6.10 Å². The number of hydrogen-bond acceptors (Lipinski definition) is 4. The van der Waals surface area contributed by atoms with Crippen LogP contribution in [0.4, 0.5) is 4.79 Å². The van der Waals surface area contributed by atoms with Gasteiger partial charge >= 0.3 is 6.09 Å². The minimum Gasteiger partial charge on any atom is -0.443 e. The van der Waals surface area contributed by atoms with Gasteiger partial charge in [-0.3, -0.25) is 5.43 Å². The van der Waals surface area contributed by atoms with Crippen molar-refractivity contribution in [1.29, 1.82) is 0 Å². The molecule has 13 heavy (non-hydrogen) atoms. The van der Waals surface area contributed by atoms with Crippen LogP contribution in [0.25, 0.3) is 0 Å². The third kappa shape index (κ3) is 3.61. The third-order valence-corrected chi connectivity index (χ3v) is 1.51. The number of hydrazine groups is 1. The van der Waals surface area contributed by atoms with E-state index in [4.69, 9.17) is 9.84 Å². The maximum absolute atomic E-state index is 11.1. The molecule has 0 saturated carbocycles. The Morgan fingerprint density at radius 3 is 2.46 bits per heavy atom. The van der Waals surface area contributed by atoms with Crippen LogP contribution in [0.5, 0.6) is 0 Å². The monoisotopic (exact) mass is 188 g/mol. The molecule has 5 nitrogen and oxygen atoms in total. The molecular weight excluding hydrogens is 172 g/mol. The highest BCUT2D eigenvalue weighted by atomic mass is 16.6. The number of nitrogens with zero attached hydrogens (tertiary/aromatic N) is 1. The predicted octanol–water partition coefficient (Wildman–Crippen LogP) is 0.103. The number of hydrogen-bond donors (Lipinski definition) is 2. The lowest BCUT2D eigenvalue weighted by molar-refractivity contribution is -0.0392. The van der Waals surface area contributed by atoms with Crippen LogP contribution in [0.1, 0.15) is 20.8 Å². The number of aliphatic hydroxyl groups excluding tert-OH is 1. The average Bonchev–Trinajstić information content (AvgIpc) is 1.79. The molecule has 0 aromatic rings. The van der Waals surface area contributed by atoms with Gasteiger partial charge in [-0.2, -0.15) is 0 Å². The molecule has 0 aliphatic carbocycles. The molecule has 5 heteroatoms. The first-order chi connectivity index (χ1) is 5.87. The summed E-state index contributed by atoms with van der Waals surface area (Å²) in [6, 6.07) is 0. The molecule has 0 spiro atoms. The number of carbonyl (C=O) groups is 1.